The molecule has 5 nitrogen and oxygen atoms in total. The number of nitrogens with one attached hydrogen (secondary N) is 1. The number of rotatable bonds is 3. The van der Waals surface area contributed by atoms with E-state index in [0.717, 1.165) is 50.4 Å². The lowest BCUT2D eigenvalue weighted by molar-refractivity contribution is -0.133. The molecule has 2 aliphatic heterocycles. The highest BCUT2D eigenvalue weighted by atomic mass is 16.2. The van der Waals surface area contributed by atoms with Crippen molar-refractivity contribution in [2.45, 2.75) is 52.1 Å². The molecule has 1 N–H and O–H groups in total. The van der Waals surface area contributed by atoms with E-state index in [9.17, 15) is 4.79 Å². The molecule has 1 saturated heterocycles. The third kappa shape index (κ3) is 3.07. The third-order valence-corrected chi connectivity index (χ3v) is 4.28. The summed E-state index contributed by atoms with van der Waals surface area (Å²) in [6, 6.07) is 0.0800. The van der Waals surface area contributed by atoms with Crippen LogP contribution >= 0.6 is 0 Å². The van der Waals surface area contributed by atoms with E-state index >= 15 is 0 Å². The maximum atomic E-state index is 12.4. The molecule has 3 rings (SSSR count). The minimum absolute atomic E-state index is 0.0800. The quantitative estimate of drug-likeness (QED) is 0.922. The number of aromatic nitrogens is 2. The number of nitrogens with zero attached hydrogens (tertiary/aromatic N) is 3. The van der Waals surface area contributed by atoms with Crippen LogP contribution in [-0.4, -0.2) is 33.9 Å². The summed E-state index contributed by atoms with van der Waals surface area (Å²) in [6.07, 6.45) is 5.55. The Balaban J connectivity index is 1.80. The Hall–Kier alpha value is -1.49. The second kappa shape index (κ2) is 6.10. The second-order valence-electron chi connectivity index (χ2n) is 6.47. The van der Waals surface area contributed by atoms with Crippen LogP contribution in [0.3, 0.4) is 0 Å². The van der Waals surface area contributed by atoms with Crippen molar-refractivity contribution in [1.82, 2.24) is 20.2 Å². The van der Waals surface area contributed by atoms with Gasteiger partial charge < -0.3 is 10.2 Å². The first-order valence-electron chi connectivity index (χ1n) is 8.00. The molecule has 2 aliphatic rings. The molecule has 0 saturated carbocycles. The third-order valence-electron chi connectivity index (χ3n) is 4.28. The lowest BCUT2D eigenvalue weighted by Gasteiger charge is -2.25. The van der Waals surface area contributed by atoms with Gasteiger partial charge in [0.05, 0.1) is 6.04 Å². The van der Waals surface area contributed by atoms with Gasteiger partial charge in [0, 0.05) is 49.9 Å². The van der Waals surface area contributed by atoms with E-state index in [1.165, 1.54) is 5.56 Å². The average molecular weight is 288 g/mol. The Morgan fingerprint density at radius 1 is 1.52 bits per heavy atom. The van der Waals surface area contributed by atoms with Gasteiger partial charge >= 0.3 is 0 Å². The highest BCUT2D eigenvalue weighted by molar-refractivity contribution is 5.77. The van der Waals surface area contributed by atoms with E-state index in [1.54, 1.807) is 0 Å². The first-order valence-corrected chi connectivity index (χ1v) is 8.00. The van der Waals surface area contributed by atoms with Crippen LogP contribution in [0.5, 0.6) is 0 Å². The molecule has 0 bridgehead atoms. The largest absolute Gasteiger partial charge is 0.332 e. The Morgan fingerprint density at radius 2 is 2.38 bits per heavy atom. The summed E-state index contributed by atoms with van der Waals surface area (Å²) in [7, 11) is 0. The fourth-order valence-electron chi connectivity index (χ4n) is 3.21. The van der Waals surface area contributed by atoms with Crippen molar-refractivity contribution in [3.8, 4) is 0 Å². The van der Waals surface area contributed by atoms with Gasteiger partial charge in [0.25, 0.3) is 0 Å². The Morgan fingerprint density at radius 3 is 3.19 bits per heavy atom. The maximum absolute atomic E-state index is 12.4. The normalized spacial score (nSPS) is 21.7. The minimum Gasteiger partial charge on any atom is -0.332 e. The van der Waals surface area contributed by atoms with Gasteiger partial charge in [-0.2, -0.15) is 0 Å². The molecule has 0 aliphatic carbocycles. The van der Waals surface area contributed by atoms with Crippen molar-refractivity contribution in [1.29, 1.82) is 0 Å². The molecular formula is C16H24N4O. The van der Waals surface area contributed by atoms with E-state index < -0.39 is 0 Å². The molecule has 114 valence electrons. The van der Waals surface area contributed by atoms with Gasteiger partial charge in [-0.1, -0.05) is 13.8 Å². The van der Waals surface area contributed by atoms with Gasteiger partial charge in [-0.15, -0.1) is 0 Å². The molecule has 1 aromatic heterocycles. The van der Waals surface area contributed by atoms with E-state index in [2.05, 4.69) is 24.1 Å². The number of fused-ring (bicyclic) bond motifs is 1. The van der Waals surface area contributed by atoms with E-state index in [0.29, 0.717) is 12.3 Å². The number of hydrogen-bond donors (Lipinski definition) is 1. The van der Waals surface area contributed by atoms with Crippen LogP contribution in [0.25, 0.3) is 0 Å². The molecule has 1 fully saturated rings. The molecule has 0 spiro atoms. The first kappa shape index (κ1) is 14.4. The van der Waals surface area contributed by atoms with Crippen LogP contribution in [0.4, 0.5) is 0 Å². The average Bonchev–Trinajstić information content (AvgIpc) is 2.95. The van der Waals surface area contributed by atoms with Crippen molar-refractivity contribution < 1.29 is 4.79 Å². The SMILES string of the molecule is CC(C)CC(=O)N1CCC[C@H]1c1ncc2c(n1)CCNC2. The van der Waals surface area contributed by atoms with Gasteiger partial charge in [0.2, 0.25) is 5.91 Å². The molecule has 1 aromatic rings. The first-order chi connectivity index (χ1) is 10.1. The zero-order valence-corrected chi connectivity index (χ0v) is 12.9. The molecule has 21 heavy (non-hydrogen) atoms. The predicted octanol–water partition coefficient (Wildman–Crippen LogP) is 1.83. The summed E-state index contributed by atoms with van der Waals surface area (Å²) in [4.78, 5) is 23.7. The second-order valence-corrected chi connectivity index (χ2v) is 6.47. The Bertz CT molecular complexity index is 529. The van der Waals surface area contributed by atoms with Crippen molar-refractivity contribution in [2.24, 2.45) is 5.92 Å². The van der Waals surface area contributed by atoms with Crippen molar-refractivity contribution in [3.05, 3.63) is 23.3 Å². The molecule has 3 heterocycles. The van der Waals surface area contributed by atoms with Gasteiger partial charge in [0.15, 0.2) is 5.82 Å². The van der Waals surface area contributed by atoms with Gasteiger partial charge in [-0.3, -0.25) is 4.79 Å². The fourth-order valence-corrected chi connectivity index (χ4v) is 3.21. The molecule has 1 amide bonds. The number of carbonyl (C=O) groups excluding carboxylic acids is 1. The lowest BCUT2D eigenvalue weighted by Crippen LogP contribution is -2.33. The summed E-state index contributed by atoms with van der Waals surface area (Å²) in [5.41, 5.74) is 2.35. The summed E-state index contributed by atoms with van der Waals surface area (Å²) < 4.78 is 0. The van der Waals surface area contributed by atoms with Crippen LogP contribution in [0.2, 0.25) is 0 Å². The van der Waals surface area contributed by atoms with Crippen LogP contribution in [0, 0.1) is 5.92 Å². The zero-order valence-electron chi connectivity index (χ0n) is 12.9. The van der Waals surface area contributed by atoms with E-state index in [4.69, 9.17) is 4.98 Å². The summed E-state index contributed by atoms with van der Waals surface area (Å²) in [6.45, 7) is 6.86. The van der Waals surface area contributed by atoms with Crippen molar-refractivity contribution in [2.75, 3.05) is 13.1 Å². The van der Waals surface area contributed by atoms with Crippen LogP contribution in [-0.2, 0) is 17.8 Å². The predicted molar refractivity (Wildman–Crippen MR) is 80.6 cm³/mol. The van der Waals surface area contributed by atoms with E-state index in [1.807, 2.05) is 11.1 Å². The highest BCUT2D eigenvalue weighted by Crippen LogP contribution is 2.31. The highest BCUT2D eigenvalue weighted by Gasteiger charge is 2.32. The molecule has 0 unspecified atom stereocenters. The molecule has 1 atom stereocenters. The monoisotopic (exact) mass is 288 g/mol. The molecule has 5 heteroatoms. The summed E-state index contributed by atoms with van der Waals surface area (Å²) in [5, 5.41) is 3.33. The zero-order chi connectivity index (χ0) is 14.8. The van der Waals surface area contributed by atoms with Crippen molar-refractivity contribution in [3.63, 3.8) is 0 Å². The van der Waals surface area contributed by atoms with Crippen LogP contribution in [0.15, 0.2) is 6.20 Å². The molecular weight excluding hydrogens is 264 g/mol. The number of amides is 1. The fraction of sp³-hybridized carbons (Fsp3) is 0.688. The number of likely N-dealkylation sites (tertiary alicyclic amines) is 1. The Labute approximate surface area is 126 Å². The Kier molecular flexibility index (Phi) is 4.19. The number of hydrogen-bond acceptors (Lipinski definition) is 4. The smallest absolute Gasteiger partial charge is 0.223 e. The number of carbonyl (C=O) groups is 1. The summed E-state index contributed by atoms with van der Waals surface area (Å²) in [5.74, 6) is 1.48. The topological polar surface area (TPSA) is 58.1 Å². The summed E-state index contributed by atoms with van der Waals surface area (Å²) >= 11 is 0. The van der Waals surface area contributed by atoms with Gasteiger partial charge in [0.1, 0.15) is 0 Å². The molecule has 0 radical (unpaired) electrons. The van der Waals surface area contributed by atoms with Crippen LogP contribution in [0.1, 0.15) is 56.2 Å². The lowest BCUT2D eigenvalue weighted by atomic mass is 10.1. The van der Waals surface area contributed by atoms with Crippen LogP contribution < -0.4 is 5.32 Å². The van der Waals surface area contributed by atoms with Gasteiger partial charge in [-0.25, -0.2) is 9.97 Å². The van der Waals surface area contributed by atoms with E-state index in [-0.39, 0.29) is 11.9 Å². The maximum Gasteiger partial charge on any atom is 0.223 e. The minimum atomic E-state index is 0.0800. The van der Waals surface area contributed by atoms with Gasteiger partial charge in [-0.05, 0) is 18.8 Å². The standard InChI is InChI=1S/C16H24N4O/c1-11(2)8-15(21)20-7-3-4-14(20)16-18-10-12-9-17-6-5-13(12)19-16/h10-11,14,17H,3-9H2,1-2H3/t14-/m0/s1. The molecule has 0 aromatic carbocycles. The van der Waals surface area contributed by atoms with Crippen molar-refractivity contribution >= 4 is 5.91 Å².